The van der Waals surface area contributed by atoms with Gasteiger partial charge in [0.1, 0.15) is 22.3 Å². The zero-order valence-corrected chi connectivity index (χ0v) is 32.0. The average Bonchev–Trinajstić information content (AvgIpc) is 3.76. The summed E-state index contributed by atoms with van der Waals surface area (Å²) in [5, 5.41) is 6.50. The van der Waals surface area contributed by atoms with Gasteiger partial charge in [-0.25, -0.2) is 0 Å². The topological polar surface area (TPSA) is 32.8 Å². The molecule has 0 bridgehead atoms. The fraction of sp³-hybridized carbons (Fsp3) is 0.115. The van der Waals surface area contributed by atoms with Gasteiger partial charge >= 0.3 is 0 Å². The largest absolute Gasteiger partial charge is 0.456 e. The second-order valence-electron chi connectivity index (χ2n) is 15.4. The van der Waals surface area contributed by atoms with Crippen LogP contribution in [0.25, 0.3) is 54.6 Å². The van der Waals surface area contributed by atoms with Gasteiger partial charge in [-0.3, -0.25) is 0 Å². The lowest BCUT2D eigenvalue weighted by Crippen LogP contribution is -2.09. The molecule has 0 aliphatic carbocycles. The summed E-state index contributed by atoms with van der Waals surface area (Å²) in [5.41, 5.74) is 12.6. The Hall–Kier alpha value is -6.78. The summed E-state index contributed by atoms with van der Waals surface area (Å²) in [6.07, 6.45) is 0. The molecule has 0 aliphatic rings. The molecule has 2 aromatic heterocycles. The van der Waals surface area contributed by atoms with Gasteiger partial charge in [0, 0.05) is 61.7 Å². The maximum absolute atomic E-state index is 6.65. The van der Waals surface area contributed by atoms with Crippen molar-refractivity contribution < 1.29 is 8.83 Å². The van der Waals surface area contributed by atoms with E-state index in [1.165, 1.54) is 11.1 Å². The van der Waals surface area contributed by atoms with E-state index in [1.807, 2.05) is 0 Å². The van der Waals surface area contributed by atoms with E-state index < -0.39 is 0 Å². The number of nitrogens with zero attached hydrogens (tertiary/aromatic N) is 2. The number of hydrogen-bond acceptors (Lipinski definition) is 4. The molecule has 0 fully saturated rings. The van der Waals surface area contributed by atoms with Crippen LogP contribution in [0.5, 0.6) is 0 Å². The monoisotopic (exact) mass is 726 g/mol. The van der Waals surface area contributed by atoms with E-state index in [1.54, 1.807) is 0 Å². The Bertz CT molecular complexity index is 2910. The number of anilines is 6. The summed E-state index contributed by atoms with van der Waals surface area (Å²) in [6, 6.07) is 60.8. The van der Waals surface area contributed by atoms with Gasteiger partial charge in [-0.15, -0.1) is 0 Å². The minimum absolute atomic E-state index is 0.472. The number of rotatable bonds is 8. The molecule has 0 radical (unpaired) electrons. The highest BCUT2D eigenvalue weighted by molar-refractivity contribution is 6.17. The molecule has 0 spiro atoms. The molecule has 10 aromatic rings. The van der Waals surface area contributed by atoms with E-state index in [0.717, 1.165) is 88.8 Å². The smallest absolute Gasteiger partial charge is 0.137 e. The van der Waals surface area contributed by atoms with Crippen LogP contribution in [0.4, 0.5) is 34.1 Å². The third kappa shape index (κ3) is 5.86. The minimum atomic E-state index is 0.472. The van der Waals surface area contributed by atoms with Crippen molar-refractivity contribution in [1.82, 2.24) is 0 Å². The summed E-state index contributed by atoms with van der Waals surface area (Å²) in [4.78, 5) is 4.60. The second kappa shape index (κ2) is 13.5. The number of fused-ring (bicyclic) bond motifs is 7. The van der Waals surface area contributed by atoms with E-state index in [9.17, 15) is 0 Å². The summed E-state index contributed by atoms with van der Waals surface area (Å²) in [5.74, 6) is 0.949. The van der Waals surface area contributed by atoms with Crippen molar-refractivity contribution in [2.45, 2.75) is 39.5 Å². The van der Waals surface area contributed by atoms with Crippen molar-refractivity contribution in [2.24, 2.45) is 0 Å². The predicted octanol–water partition coefficient (Wildman–Crippen LogP) is 15.8. The molecular weight excluding hydrogens is 685 g/mol. The van der Waals surface area contributed by atoms with E-state index in [-0.39, 0.29) is 0 Å². The Morgan fingerprint density at radius 3 is 1.27 bits per heavy atom. The molecular formula is C52H42N2O2. The van der Waals surface area contributed by atoms with Crippen LogP contribution in [0.3, 0.4) is 0 Å². The second-order valence-corrected chi connectivity index (χ2v) is 15.4. The zero-order chi connectivity index (χ0) is 37.9. The number of para-hydroxylation sites is 2. The van der Waals surface area contributed by atoms with Crippen LogP contribution in [0.15, 0.2) is 179 Å². The first kappa shape index (κ1) is 33.8. The van der Waals surface area contributed by atoms with Gasteiger partial charge < -0.3 is 18.6 Å². The molecule has 0 aliphatic heterocycles. The fourth-order valence-corrected chi connectivity index (χ4v) is 8.11. The first-order valence-corrected chi connectivity index (χ1v) is 19.5. The Kier molecular flexibility index (Phi) is 8.14. The molecule has 0 atom stereocenters. The highest BCUT2D eigenvalue weighted by atomic mass is 16.3. The van der Waals surface area contributed by atoms with Crippen LogP contribution in [-0.2, 0) is 0 Å². The Morgan fingerprint density at radius 1 is 0.321 bits per heavy atom. The van der Waals surface area contributed by atoms with Gasteiger partial charge in [0.15, 0.2) is 0 Å². The van der Waals surface area contributed by atoms with Crippen molar-refractivity contribution in [3.8, 4) is 0 Å². The molecule has 0 saturated heterocycles. The lowest BCUT2D eigenvalue weighted by molar-refractivity contribution is 0.664. The normalized spacial score (nSPS) is 11.9. The maximum atomic E-state index is 6.65. The number of benzene rings is 8. The van der Waals surface area contributed by atoms with E-state index in [2.05, 4.69) is 207 Å². The van der Waals surface area contributed by atoms with Crippen molar-refractivity contribution in [2.75, 3.05) is 9.80 Å². The standard InChI is InChI=1S/C52H42N2O2/c1-33(2)35-15-20-41(21-16-35)53(39-11-7-5-8-12-39)43-24-19-37-28-46-48-32-51-47(31-52(48)55-49(46)29-38(37)27-43)45-26-25-44(30-50(45)56-51)54(40-13-9-6-10-14-40)42-22-17-36(18-23-42)34(3)4/h5-34H,1-4H3. The van der Waals surface area contributed by atoms with Crippen LogP contribution in [0.2, 0.25) is 0 Å². The zero-order valence-electron chi connectivity index (χ0n) is 32.0. The highest BCUT2D eigenvalue weighted by Crippen LogP contribution is 2.43. The van der Waals surface area contributed by atoms with Crippen LogP contribution in [0.1, 0.15) is 50.7 Å². The van der Waals surface area contributed by atoms with Gasteiger partial charge in [-0.1, -0.05) is 94.4 Å². The molecule has 8 aromatic carbocycles. The lowest BCUT2D eigenvalue weighted by Gasteiger charge is -2.26. The molecule has 0 amide bonds. The van der Waals surface area contributed by atoms with Gasteiger partial charge in [0.05, 0.1) is 0 Å². The van der Waals surface area contributed by atoms with E-state index >= 15 is 0 Å². The number of hydrogen-bond donors (Lipinski definition) is 0. The van der Waals surface area contributed by atoms with Gasteiger partial charge in [0.2, 0.25) is 0 Å². The quantitative estimate of drug-likeness (QED) is 0.156. The summed E-state index contributed by atoms with van der Waals surface area (Å²) >= 11 is 0. The minimum Gasteiger partial charge on any atom is -0.456 e. The van der Waals surface area contributed by atoms with Crippen molar-refractivity contribution in [1.29, 1.82) is 0 Å². The molecule has 0 saturated carbocycles. The Morgan fingerprint density at radius 2 is 0.732 bits per heavy atom. The predicted molar refractivity (Wildman–Crippen MR) is 236 cm³/mol. The summed E-state index contributed by atoms with van der Waals surface area (Å²) in [6.45, 7) is 8.92. The Labute approximate surface area is 326 Å². The fourth-order valence-electron chi connectivity index (χ4n) is 8.11. The van der Waals surface area contributed by atoms with Crippen molar-refractivity contribution >= 4 is 88.8 Å². The van der Waals surface area contributed by atoms with E-state index in [4.69, 9.17) is 8.83 Å². The first-order valence-electron chi connectivity index (χ1n) is 19.5. The molecule has 10 rings (SSSR count). The van der Waals surface area contributed by atoms with Gasteiger partial charge in [-0.2, -0.15) is 0 Å². The molecule has 0 N–H and O–H groups in total. The third-order valence-electron chi connectivity index (χ3n) is 11.2. The van der Waals surface area contributed by atoms with Gasteiger partial charge in [0.25, 0.3) is 0 Å². The summed E-state index contributed by atoms with van der Waals surface area (Å²) < 4.78 is 13.3. The summed E-state index contributed by atoms with van der Waals surface area (Å²) in [7, 11) is 0. The lowest BCUT2D eigenvalue weighted by atomic mass is 10.0. The van der Waals surface area contributed by atoms with Crippen LogP contribution < -0.4 is 9.80 Å². The molecule has 4 heteroatoms. The third-order valence-corrected chi connectivity index (χ3v) is 11.2. The number of furan rings is 2. The SMILES string of the molecule is CC(C)c1ccc(N(c2ccccc2)c2ccc3cc4c(cc3c2)oc2cc3c(cc24)oc2cc(N(c4ccccc4)c4ccc(C(C)C)cc4)ccc23)cc1. The van der Waals surface area contributed by atoms with Crippen LogP contribution >= 0.6 is 0 Å². The molecule has 272 valence electrons. The van der Waals surface area contributed by atoms with Gasteiger partial charge in [-0.05, 0) is 131 Å². The maximum Gasteiger partial charge on any atom is 0.137 e. The van der Waals surface area contributed by atoms with Crippen molar-refractivity contribution in [3.63, 3.8) is 0 Å². The highest BCUT2D eigenvalue weighted by Gasteiger charge is 2.19. The molecule has 0 unspecified atom stereocenters. The van der Waals surface area contributed by atoms with Crippen LogP contribution in [-0.4, -0.2) is 0 Å². The molecule has 4 nitrogen and oxygen atoms in total. The van der Waals surface area contributed by atoms with Crippen molar-refractivity contribution in [3.05, 3.63) is 181 Å². The molecule has 56 heavy (non-hydrogen) atoms. The first-order chi connectivity index (χ1) is 27.4. The van der Waals surface area contributed by atoms with Crippen LogP contribution in [0, 0.1) is 0 Å². The average molecular weight is 727 g/mol. The molecule has 2 heterocycles. The van der Waals surface area contributed by atoms with E-state index in [0.29, 0.717) is 11.8 Å². The Balaban J connectivity index is 1.05.